The van der Waals surface area contributed by atoms with Crippen molar-refractivity contribution in [3.63, 3.8) is 0 Å². The molecule has 2 saturated carbocycles. The van der Waals surface area contributed by atoms with Crippen LogP contribution < -0.4 is 0 Å². The lowest BCUT2D eigenvalue weighted by molar-refractivity contribution is 0.152. The molecule has 9 heavy (non-hydrogen) atoms. The molecule has 0 aromatic heterocycles. The molecule has 0 nitrogen and oxygen atoms in total. The second kappa shape index (κ2) is 1.12. The van der Waals surface area contributed by atoms with Crippen LogP contribution in [0.25, 0.3) is 0 Å². The van der Waals surface area contributed by atoms with E-state index in [1.165, 1.54) is 18.8 Å². The zero-order chi connectivity index (χ0) is 5.90. The monoisotopic (exact) mass is 120 g/mol. The van der Waals surface area contributed by atoms with E-state index in [2.05, 4.69) is 12.2 Å². The van der Waals surface area contributed by atoms with Gasteiger partial charge in [-0.05, 0) is 42.9 Å². The van der Waals surface area contributed by atoms with Crippen LogP contribution in [0.2, 0.25) is 0 Å². The minimum Gasteiger partial charge on any atom is -0.0882 e. The molecule has 0 heteroatoms. The van der Waals surface area contributed by atoms with E-state index in [9.17, 15) is 0 Å². The third-order valence-corrected chi connectivity index (χ3v) is 3.75. The topological polar surface area (TPSA) is 0 Å². The molecule has 3 aliphatic carbocycles. The van der Waals surface area contributed by atoms with Crippen LogP contribution in [0.5, 0.6) is 0 Å². The Kier molecular flexibility index (Phi) is 0.564. The fraction of sp³-hybridized carbons (Fsp3) is 0.778. The van der Waals surface area contributed by atoms with Crippen molar-refractivity contribution in [2.75, 3.05) is 0 Å². The Bertz CT molecular complexity index is 178. The Morgan fingerprint density at radius 1 is 1.22 bits per heavy atom. The fourth-order valence-electron chi connectivity index (χ4n) is 2.95. The average Bonchev–Trinajstić information content (AvgIpc) is 2.46. The van der Waals surface area contributed by atoms with Crippen LogP contribution in [-0.2, 0) is 0 Å². The van der Waals surface area contributed by atoms with Gasteiger partial charge in [-0.1, -0.05) is 12.2 Å². The average molecular weight is 120 g/mol. The lowest BCUT2D eigenvalue weighted by Crippen LogP contribution is -2.29. The van der Waals surface area contributed by atoms with E-state index in [1.807, 2.05) is 0 Å². The third kappa shape index (κ3) is 0.357. The molecule has 0 unspecified atom stereocenters. The van der Waals surface area contributed by atoms with Gasteiger partial charge in [-0.15, -0.1) is 0 Å². The summed E-state index contributed by atoms with van der Waals surface area (Å²) in [5.41, 5.74) is 0.898. The molecule has 0 aromatic rings. The van der Waals surface area contributed by atoms with Gasteiger partial charge in [0, 0.05) is 0 Å². The van der Waals surface area contributed by atoms with Crippen molar-refractivity contribution < 1.29 is 0 Å². The molecular weight excluding hydrogens is 108 g/mol. The molecule has 0 saturated heterocycles. The van der Waals surface area contributed by atoms with Gasteiger partial charge in [-0.3, -0.25) is 0 Å². The molecule has 0 N–H and O–H groups in total. The molecule has 3 rings (SSSR count). The summed E-state index contributed by atoms with van der Waals surface area (Å²) in [5.74, 6) is 2.29. The summed E-state index contributed by atoms with van der Waals surface area (Å²) in [6, 6.07) is 0. The molecule has 48 valence electrons. The van der Waals surface area contributed by atoms with E-state index in [-0.39, 0.29) is 0 Å². The van der Waals surface area contributed by atoms with Gasteiger partial charge in [0.15, 0.2) is 0 Å². The van der Waals surface area contributed by atoms with Crippen LogP contribution in [0, 0.1) is 17.3 Å². The molecule has 0 amide bonds. The zero-order valence-corrected chi connectivity index (χ0v) is 5.64. The van der Waals surface area contributed by atoms with E-state index in [0.29, 0.717) is 0 Å². The second-order valence-electron chi connectivity index (χ2n) is 3.98. The van der Waals surface area contributed by atoms with Crippen molar-refractivity contribution in [3.8, 4) is 0 Å². The number of hydrogen-bond acceptors (Lipinski definition) is 0. The lowest BCUT2D eigenvalue weighted by Gasteiger charge is -2.37. The second-order valence-corrected chi connectivity index (χ2v) is 3.98. The van der Waals surface area contributed by atoms with Gasteiger partial charge in [0.25, 0.3) is 0 Å². The molecule has 0 heterocycles. The minimum atomic E-state index is 0.898. The smallest absolute Gasteiger partial charge is 0.0200 e. The lowest BCUT2D eigenvalue weighted by atomic mass is 9.67. The predicted molar refractivity (Wildman–Crippen MR) is 37.0 cm³/mol. The molecule has 0 radical (unpaired) electrons. The van der Waals surface area contributed by atoms with Crippen molar-refractivity contribution in [3.05, 3.63) is 12.2 Å². The van der Waals surface area contributed by atoms with Gasteiger partial charge in [-0.2, -0.15) is 0 Å². The predicted octanol–water partition coefficient (Wildman–Crippen LogP) is 2.36. The standard InChI is InChI=1S/C9H12/c1-2-4-9-6-8(9)5-7(9)3-1/h1-2,7-8H,3-6H2/t7-,8-,9+/m0/s1. The van der Waals surface area contributed by atoms with E-state index < -0.39 is 0 Å². The summed E-state index contributed by atoms with van der Waals surface area (Å²) in [6.07, 6.45) is 10.7. The molecular formula is C9H12. The van der Waals surface area contributed by atoms with Crippen molar-refractivity contribution in [2.24, 2.45) is 17.3 Å². The highest BCUT2D eigenvalue weighted by molar-refractivity contribution is 5.21. The first-order valence-electron chi connectivity index (χ1n) is 4.07. The summed E-state index contributed by atoms with van der Waals surface area (Å²) in [4.78, 5) is 0. The Labute approximate surface area is 56.0 Å². The third-order valence-electron chi connectivity index (χ3n) is 3.75. The number of hydrogen-bond donors (Lipinski definition) is 0. The van der Waals surface area contributed by atoms with Crippen molar-refractivity contribution >= 4 is 0 Å². The quantitative estimate of drug-likeness (QED) is 0.430. The highest BCUT2D eigenvalue weighted by atomic mass is 14.7. The van der Waals surface area contributed by atoms with Crippen LogP contribution in [0.15, 0.2) is 12.2 Å². The molecule has 0 aromatic carbocycles. The first-order chi connectivity index (χ1) is 4.42. The zero-order valence-electron chi connectivity index (χ0n) is 5.64. The molecule has 3 aliphatic rings. The molecule has 3 atom stereocenters. The summed E-state index contributed by atoms with van der Waals surface area (Å²) >= 11 is 0. The fourth-order valence-corrected chi connectivity index (χ4v) is 2.95. The first kappa shape index (κ1) is 4.54. The number of allylic oxidation sites excluding steroid dienone is 2. The molecule has 0 bridgehead atoms. The molecule has 2 fully saturated rings. The van der Waals surface area contributed by atoms with Crippen molar-refractivity contribution in [1.29, 1.82) is 0 Å². The van der Waals surface area contributed by atoms with Gasteiger partial charge >= 0.3 is 0 Å². The Morgan fingerprint density at radius 3 is 2.78 bits per heavy atom. The van der Waals surface area contributed by atoms with Gasteiger partial charge < -0.3 is 0 Å². The summed E-state index contributed by atoms with van der Waals surface area (Å²) in [7, 11) is 0. The van der Waals surface area contributed by atoms with Crippen LogP contribution in [0.1, 0.15) is 25.7 Å². The number of rotatable bonds is 0. The normalized spacial score (nSPS) is 59.6. The Balaban J connectivity index is 1.98. The van der Waals surface area contributed by atoms with Gasteiger partial charge in [0.2, 0.25) is 0 Å². The van der Waals surface area contributed by atoms with Crippen LogP contribution >= 0.6 is 0 Å². The summed E-state index contributed by atoms with van der Waals surface area (Å²) in [6.45, 7) is 0. The van der Waals surface area contributed by atoms with E-state index in [1.54, 1.807) is 12.8 Å². The maximum atomic E-state index is 2.40. The van der Waals surface area contributed by atoms with E-state index >= 15 is 0 Å². The van der Waals surface area contributed by atoms with Crippen molar-refractivity contribution in [2.45, 2.75) is 25.7 Å². The van der Waals surface area contributed by atoms with Crippen LogP contribution in [-0.4, -0.2) is 0 Å². The molecule has 0 aliphatic heterocycles. The van der Waals surface area contributed by atoms with Crippen molar-refractivity contribution in [1.82, 2.24) is 0 Å². The Morgan fingerprint density at radius 2 is 2.22 bits per heavy atom. The maximum Gasteiger partial charge on any atom is -0.0200 e. The van der Waals surface area contributed by atoms with Gasteiger partial charge in [0.1, 0.15) is 0 Å². The maximum absolute atomic E-state index is 2.40. The van der Waals surface area contributed by atoms with E-state index in [0.717, 1.165) is 11.3 Å². The van der Waals surface area contributed by atoms with Crippen LogP contribution in [0.3, 0.4) is 0 Å². The summed E-state index contributed by atoms with van der Waals surface area (Å²) < 4.78 is 0. The Hall–Kier alpha value is -0.260. The van der Waals surface area contributed by atoms with Gasteiger partial charge in [0.05, 0.1) is 0 Å². The SMILES string of the molecule is C1=CC[C@]23C[C@@H]2C[C@@H]3C1. The molecule has 1 spiro atoms. The van der Waals surface area contributed by atoms with Crippen LogP contribution in [0.4, 0.5) is 0 Å². The summed E-state index contributed by atoms with van der Waals surface area (Å²) in [5, 5.41) is 0. The largest absolute Gasteiger partial charge is 0.0882 e. The highest BCUT2D eigenvalue weighted by Crippen LogP contribution is 2.74. The van der Waals surface area contributed by atoms with E-state index in [4.69, 9.17) is 0 Å². The highest BCUT2D eigenvalue weighted by Gasteiger charge is 2.66. The first-order valence-corrected chi connectivity index (χ1v) is 4.07. The minimum absolute atomic E-state index is 0.898. The van der Waals surface area contributed by atoms with Gasteiger partial charge in [-0.25, -0.2) is 0 Å².